The molecule has 0 saturated carbocycles. The molecular formula is C17H25N3O. The van der Waals surface area contributed by atoms with Crippen molar-refractivity contribution in [1.29, 1.82) is 0 Å². The molecule has 114 valence electrons. The zero-order chi connectivity index (χ0) is 14.7. The molecule has 0 spiro atoms. The van der Waals surface area contributed by atoms with Crippen LogP contribution in [0.2, 0.25) is 0 Å². The van der Waals surface area contributed by atoms with Gasteiger partial charge in [0.05, 0.1) is 6.54 Å². The highest BCUT2D eigenvalue weighted by atomic mass is 16.2. The lowest BCUT2D eigenvalue weighted by atomic mass is 10.1. The summed E-state index contributed by atoms with van der Waals surface area (Å²) in [5.41, 5.74) is 2.49. The molecule has 1 unspecified atom stereocenters. The van der Waals surface area contributed by atoms with E-state index in [1.54, 1.807) is 0 Å². The Morgan fingerprint density at radius 2 is 2.05 bits per heavy atom. The van der Waals surface area contributed by atoms with E-state index < -0.39 is 0 Å². The summed E-state index contributed by atoms with van der Waals surface area (Å²) in [7, 11) is 0. The number of aryl methyl sites for hydroxylation is 1. The molecule has 2 saturated heterocycles. The van der Waals surface area contributed by atoms with E-state index in [2.05, 4.69) is 41.4 Å². The van der Waals surface area contributed by atoms with Gasteiger partial charge in [0, 0.05) is 26.2 Å². The molecule has 0 aromatic heterocycles. The van der Waals surface area contributed by atoms with Crippen LogP contribution >= 0.6 is 0 Å². The minimum absolute atomic E-state index is 0.271. The van der Waals surface area contributed by atoms with Gasteiger partial charge in [0.25, 0.3) is 0 Å². The Morgan fingerprint density at radius 1 is 1.24 bits per heavy atom. The number of benzene rings is 1. The number of hydrogen-bond acceptors (Lipinski definition) is 3. The predicted octanol–water partition coefficient (Wildman–Crippen LogP) is 1.25. The fraction of sp³-hybridized carbons (Fsp3) is 0.588. The van der Waals surface area contributed by atoms with E-state index in [-0.39, 0.29) is 5.91 Å². The van der Waals surface area contributed by atoms with Gasteiger partial charge in [-0.2, -0.15) is 0 Å². The topological polar surface area (TPSA) is 35.6 Å². The van der Waals surface area contributed by atoms with Gasteiger partial charge in [0.2, 0.25) is 5.91 Å². The van der Waals surface area contributed by atoms with E-state index in [1.807, 2.05) is 4.90 Å². The van der Waals surface area contributed by atoms with Crippen molar-refractivity contribution in [3.8, 4) is 0 Å². The second kappa shape index (κ2) is 6.58. The Labute approximate surface area is 127 Å². The van der Waals surface area contributed by atoms with Crippen molar-refractivity contribution in [2.45, 2.75) is 19.9 Å². The van der Waals surface area contributed by atoms with Crippen LogP contribution in [0.3, 0.4) is 0 Å². The highest BCUT2D eigenvalue weighted by Gasteiger charge is 2.26. The minimum atomic E-state index is 0.271. The highest BCUT2D eigenvalue weighted by molar-refractivity contribution is 5.79. The monoisotopic (exact) mass is 287 g/mol. The summed E-state index contributed by atoms with van der Waals surface area (Å²) >= 11 is 0. The number of hydrogen-bond donors (Lipinski definition) is 1. The van der Waals surface area contributed by atoms with Gasteiger partial charge in [-0.3, -0.25) is 9.69 Å². The van der Waals surface area contributed by atoms with Gasteiger partial charge >= 0.3 is 0 Å². The third-order valence-corrected chi connectivity index (χ3v) is 4.57. The van der Waals surface area contributed by atoms with Crippen molar-refractivity contribution in [1.82, 2.24) is 15.1 Å². The maximum Gasteiger partial charge on any atom is 0.237 e. The van der Waals surface area contributed by atoms with Crippen molar-refractivity contribution in [2.24, 2.45) is 5.92 Å². The molecule has 2 aliphatic heterocycles. The third-order valence-electron chi connectivity index (χ3n) is 4.57. The van der Waals surface area contributed by atoms with E-state index >= 15 is 0 Å². The molecule has 4 heteroatoms. The summed E-state index contributed by atoms with van der Waals surface area (Å²) in [6.07, 6.45) is 1.25. The molecular weight excluding hydrogens is 262 g/mol. The van der Waals surface area contributed by atoms with Crippen LogP contribution in [0.4, 0.5) is 0 Å². The van der Waals surface area contributed by atoms with E-state index in [0.717, 1.165) is 45.2 Å². The average Bonchev–Trinajstić information content (AvgIpc) is 2.97. The van der Waals surface area contributed by atoms with Gasteiger partial charge in [-0.05, 0) is 37.9 Å². The lowest BCUT2D eigenvalue weighted by molar-refractivity contribution is -0.136. The van der Waals surface area contributed by atoms with Gasteiger partial charge in [-0.25, -0.2) is 0 Å². The molecule has 0 radical (unpaired) electrons. The van der Waals surface area contributed by atoms with Crippen LogP contribution in [-0.2, 0) is 11.3 Å². The third kappa shape index (κ3) is 3.83. The van der Waals surface area contributed by atoms with Crippen LogP contribution < -0.4 is 5.32 Å². The minimum Gasteiger partial charge on any atom is -0.336 e. The highest BCUT2D eigenvalue weighted by Crippen LogP contribution is 2.14. The molecule has 3 rings (SSSR count). The van der Waals surface area contributed by atoms with Crippen LogP contribution in [0, 0.1) is 12.8 Å². The maximum atomic E-state index is 12.3. The molecule has 1 N–H and O–H groups in total. The molecule has 21 heavy (non-hydrogen) atoms. The number of piperazine rings is 1. The van der Waals surface area contributed by atoms with E-state index in [1.165, 1.54) is 17.5 Å². The second-order valence-electron chi connectivity index (χ2n) is 6.39. The number of nitrogens with one attached hydrogen (secondary N) is 1. The second-order valence-corrected chi connectivity index (χ2v) is 6.39. The standard InChI is InChI=1S/C17H25N3O/c1-14-2-4-15(5-3-14)12-20-9-8-19(13-17(20)21)11-16-6-7-18-10-16/h2-5,16,18H,6-13H2,1H3. The SMILES string of the molecule is Cc1ccc(CN2CCN(CC3CCNC3)CC2=O)cc1. The normalized spacial score (nSPS) is 23.8. The zero-order valence-electron chi connectivity index (χ0n) is 12.8. The van der Waals surface area contributed by atoms with Crippen molar-refractivity contribution in [3.63, 3.8) is 0 Å². The number of carbonyl (C=O) groups excluding carboxylic acids is 1. The Kier molecular flexibility index (Phi) is 4.56. The van der Waals surface area contributed by atoms with Gasteiger partial charge in [0.1, 0.15) is 0 Å². The molecule has 0 aliphatic carbocycles. The molecule has 4 nitrogen and oxygen atoms in total. The predicted molar refractivity (Wildman–Crippen MR) is 84.0 cm³/mol. The fourth-order valence-electron chi connectivity index (χ4n) is 3.23. The molecule has 2 aliphatic rings. The smallest absolute Gasteiger partial charge is 0.237 e. The molecule has 1 amide bonds. The Morgan fingerprint density at radius 3 is 2.71 bits per heavy atom. The number of amides is 1. The summed E-state index contributed by atoms with van der Waals surface area (Å²) in [5.74, 6) is 0.995. The van der Waals surface area contributed by atoms with Crippen molar-refractivity contribution in [2.75, 3.05) is 39.3 Å². The van der Waals surface area contributed by atoms with Gasteiger partial charge in [0.15, 0.2) is 0 Å². The van der Waals surface area contributed by atoms with Crippen molar-refractivity contribution < 1.29 is 4.79 Å². The quantitative estimate of drug-likeness (QED) is 0.905. The number of rotatable bonds is 4. The van der Waals surface area contributed by atoms with Crippen LogP contribution in [0.25, 0.3) is 0 Å². The lowest BCUT2D eigenvalue weighted by Crippen LogP contribution is -2.51. The summed E-state index contributed by atoms with van der Waals surface area (Å²) in [4.78, 5) is 16.6. The summed E-state index contributed by atoms with van der Waals surface area (Å²) < 4.78 is 0. The molecule has 1 aromatic carbocycles. The molecule has 1 atom stereocenters. The van der Waals surface area contributed by atoms with Crippen LogP contribution in [0.1, 0.15) is 17.5 Å². The first-order valence-corrected chi connectivity index (χ1v) is 7.97. The lowest BCUT2D eigenvalue weighted by Gasteiger charge is -2.35. The van der Waals surface area contributed by atoms with Crippen LogP contribution in [-0.4, -0.2) is 55.0 Å². The maximum absolute atomic E-state index is 12.3. The Balaban J connectivity index is 1.51. The number of nitrogens with zero attached hydrogens (tertiary/aromatic N) is 2. The Bertz CT molecular complexity index is 479. The van der Waals surface area contributed by atoms with Crippen LogP contribution in [0.5, 0.6) is 0 Å². The van der Waals surface area contributed by atoms with Gasteiger partial charge in [-0.15, -0.1) is 0 Å². The molecule has 1 aromatic rings. The Hall–Kier alpha value is -1.39. The van der Waals surface area contributed by atoms with E-state index in [4.69, 9.17) is 0 Å². The van der Waals surface area contributed by atoms with Crippen molar-refractivity contribution in [3.05, 3.63) is 35.4 Å². The summed E-state index contributed by atoms with van der Waals surface area (Å²) in [6, 6.07) is 8.48. The van der Waals surface area contributed by atoms with Gasteiger partial charge < -0.3 is 10.2 Å². The fourth-order valence-corrected chi connectivity index (χ4v) is 3.23. The first kappa shape index (κ1) is 14.5. The average molecular weight is 287 g/mol. The first-order chi connectivity index (χ1) is 10.2. The van der Waals surface area contributed by atoms with E-state index in [0.29, 0.717) is 6.54 Å². The molecule has 2 heterocycles. The molecule has 2 fully saturated rings. The molecule has 0 bridgehead atoms. The van der Waals surface area contributed by atoms with Crippen molar-refractivity contribution >= 4 is 5.91 Å². The zero-order valence-corrected chi connectivity index (χ0v) is 12.8. The summed E-state index contributed by atoms with van der Waals surface area (Å²) in [6.45, 7) is 8.59. The van der Waals surface area contributed by atoms with E-state index in [9.17, 15) is 4.79 Å². The largest absolute Gasteiger partial charge is 0.336 e. The number of carbonyl (C=O) groups is 1. The first-order valence-electron chi connectivity index (χ1n) is 7.97. The van der Waals surface area contributed by atoms with Crippen LogP contribution in [0.15, 0.2) is 24.3 Å². The summed E-state index contributed by atoms with van der Waals surface area (Å²) in [5, 5.41) is 3.40. The van der Waals surface area contributed by atoms with Gasteiger partial charge in [-0.1, -0.05) is 29.8 Å².